The van der Waals surface area contributed by atoms with Gasteiger partial charge in [-0.1, -0.05) is 51.3 Å². The summed E-state index contributed by atoms with van der Waals surface area (Å²) in [4.78, 5) is 16.0. The van der Waals surface area contributed by atoms with Crippen molar-refractivity contribution in [1.82, 2.24) is 10.3 Å². The molecule has 0 fully saturated rings. The summed E-state index contributed by atoms with van der Waals surface area (Å²) < 4.78 is 0.990. The molecule has 0 radical (unpaired) electrons. The molecule has 1 N–H and O–H groups in total. The van der Waals surface area contributed by atoms with Crippen LogP contribution >= 0.6 is 39.1 Å². The monoisotopic (exact) mass is 372 g/mol. The molecule has 1 amide bonds. The van der Waals surface area contributed by atoms with Crippen molar-refractivity contribution >= 4 is 45.0 Å². The average molecular weight is 374 g/mol. The first-order valence-electron chi connectivity index (χ1n) is 5.84. The van der Waals surface area contributed by atoms with Crippen LogP contribution in [0.3, 0.4) is 0 Å². The first-order valence-corrected chi connectivity index (χ1v) is 7.39. The Bertz CT molecular complexity index is 632. The number of benzene rings is 1. The van der Waals surface area contributed by atoms with Gasteiger partial charge >= 0.3 is 0 Å². The van der Waals surface area contributed by atoms with Crippen molar-refractivity contribution < 1.29 is 4.79 Å². The van der Waals surface area contributed by atoms with Crippen molar-refractivity contribution in [3.63, 3.8) is 0 Å². The Balaban J connectivity index is 2.15. The Kier molecular flexibility index (Phi) is 5.02. The van der Waals surface area contributed by atoms with Gasteiger partial charge in [0.1, 0.15) is 5.15 Å². The molecule has 1 aromatic heterocycles. The molecule has 1 atom stereocenters. The van der Waals surface area contributed by atoms with Crippen molar-refractivity contribution in [1.29, 1.82) is 0 Å². The topological polar surface area (TPSA) is 42.0 Å². The van der Waals surface area contributed by atoms with E-state index >= 15 is 0 Å². The van der Waals surface area contributed by atoms with Gasteiger partial charge in [0, 0.05) is 10.7 Å². The van der Waals surface area contributed by atoms with Crippen LogP contribution in [0.25, 0.3) is 0 Å². The van der Waals surface area contributed by atoms with Crippen LogP contribution in [0.15, 0.2) is 41.0 Å². The number of carbonyl (C=O) groups is 1. The summed E-state index contributed by atoms with van der Waals surface area (Å²) in [5, 5.41) is 3.38. The molecule has 0 saturated heterocycles. The lowest BCUT2D eigenvalue weighted by Gasteiger charge is -2.15. The van der Waals surface area contributed by atoms with E-state index in [-0.39, 0.29) is 22.1 Å². The van der Waals surface area contributed by atoms with Crippen LogP contribution in [-0.2, 0) is 0 Å². The fraction of sp³-hybridized carbons (Fsp3) is 0.143. The molecule has 1 aromatic carbocycles. The second-order valence-corrected chi connectivity index (χ2v) is 5.94. The molecule has 104 valence electrons. The van der Waals surface area contributed by atoms with Crippen molar-refractivity contribution in [2.24, 2.45) is 0 Å². The molecular weight excluding hydrogens is 363 g/mol. The quantitative estimate of drug-likeness (QED) is 0.796. The van der Waals surface area contributed by atoms with Crippen LogP contribution in [0.5, 0.6) is 0 Å². The van der Waals surface area contributed by atoms with E-state index < -0.39 is 0 Å². The maximum absolute atomic E-state index is 12.2. The second kappa shape index (κ2) is 6.57. The molecule has 1 heterocycles. The third kappa shape index (κ3) is 3.72. The highest BCUT2D eigenvalue weighted by Gasteiger charge is 2.15. The third-order valence-electron chi connectivity index (χ3n) is 2.78. The predicted octanol–water partition coefficient (Wildman–Crippen LogP) is 4.64. The van der Waals surface area contributed by atoms with Crippen LogP contribution in [0, 0.1) is 0 Å². The van der Waals surface area contributed by atoms with Crippen LogP contribution in [0.2, 0.25) is 10.2 Å². The third-order valence-corrected chi connectivity index (χ3v) is 3.82. The molecule has 0 aliphatic heterocycles. The Hall–Kier alpha value is -1.10. The van der Waals surface area contributed by atoms with Gasteiger partial charge in [-0.15, -0.1) is 0 Å². The van der Waals surface area contributed by atoms with E-state index in [1.54, 1.807) is 0 Å². The largest absolute Gasteiger partial charge is 0.345 e. The highest BCUT2D eigenvalue weighted by atomic mass is 79.9. The number of nitrogens with one attached hydrogen (secondary N) is 1. The molecule has 0 aliphatic carbocycles. The fourth-order valence-corrected chi connectivity index (χ4v) is 2.31. The minimum absolute atomic E-state index is 0.140. The fourth-order valence-electron chi connectivity index (χ4n) is 1.70. The number of pyridine rings is 1. The number of aromatic nitrogens is 1. The maximum Gasteiger partial charge on any atom is 0.253 e. The summed E-state index contributed by atoms with van der Waals surface area (Å²) in [5.41, 5.74) is 1.31. The summed E-state index contributed by atoms with van der Waals surface area (Å²) >= 11 is 15.1. The van der Waals surface area contributed by atoms with Crippen molar-refractivity contribution in [3.05, 3.63) is 62.3 Å². The summed E-state index contributed by atoms with van der Waals surface area (Å²) in [6.45, 7) is 1.90. The van der Waals surface area contributed by atoms with E-state index in [0.29, 0.717) is 5.56 Å². The molecule has 2 rings (SSSR count). The van der Waals surface area contributed by atoms with Crippen molar-refractivity contribution in [2.75, 3.05) is 0 Å². The number of amides is 1. The van der Waals surface area contributed by atoms with Crippen LogP contribution in [0.1, 0.15) is 28.9 Å². The summed E-state index contributed by atoms with van der Waals surface area (Å²) in [6, 6.07) is 9.04. The molecule has 2 aromatic rings. The smallest absolute Gasteiger partial charge is 0.253 e. The molecule has 0 bridgehead atoms. The lowest BCUT2D eigenvalue weighted by molar-refractivity contribution is 0.0940. The minimum Gasteiger partial charge on any atom is -0.345 e. The molecule has 20 heavy (non-hydrogen) atoms. The van der Waals surface area contributed by atoms with Gasteiger partial charge in [0.05, 0.1) is 16.6 Å². The van der Waals surface area contributed by atoms with E-state index in [9.17, 15) is 4.79 Å². The second-order valence-electron chi connectivity index (χ2n) is 4.23. The SMILES string of the molecule is C[C@H](NC(=O)c1cc(Cl)ncc1Cl)c1ccc(Br)cc1. The van der Waals surface area contributed by atoms with Gasteiger partial charge in [0.25, 0.3) is 5.91 Å². The molecule has 0 spiro atoms. The van der Waals surface area contributed by atoms with E-state index in [4.69, 9.17) is 23.2 Å². The molecular formula is C14H11BrCl2N2O. The number of carbonyl (C=O) groups excluding carboxylic acids is 1. The maximum atomic E-state index is 12.2. The standard InChI is InChI=1S/C14H11BrCl2N2O/c1-8(9-2-4-10(15)5-3-9)19-14(20)11-6-13(17)18-7-12(11)16/h2-8H,1H3,(H,19,20)/t8-/m0/s1. The van der Waals surface area contributed by atoms with Crippen LogP contribution in [-0.4, -0.2) is 10.9 Å². The number of hydrogen-bond donors (Lipinski definition) is 1. The normalized spacial score (nSPS) is 12.0. The molecule has 0 aliphatic rings. The zero-order valence-electron chi connectivity index (χ0n) is 10.5. The number of rotatable bonds is 3. The highest BCUT2D eigenvalue weighted by Crippen LogP contribution is 2.20. The number of halogens is 3. The predicted molar refractivity (Wildman–Crippen MR) is 84.3 cm³/mol. The van der Waals surface area contributed by atoms with E-state index in [0.717, 1.165) is 10.0 Å². The number of hydrogen-bond acceptors (Lipinski definition) is 2. The lowest BCUT2D eigenvalue weighted by atomic mass is 10.1. The van der Waals surface area contributed by atoms with E-state index in [2.05, 4.69) is 26.2 Å². The van der Waals surface area contributed by atoms with Gasteiger partial charge < -0.3 is 5.32 Å². The van der Waals surface area contributed by atoms with Gasteiger partial charge in [-0.05, 0) is 30.7 Å². The summed E-state index contributed by atoms with van der Waals surface area (Å²) in [7, 11) is 0. The lowest BCUT2D eigenvalue weighted by Crippen LogP contribution is -2.27. The van der Waals surface area contributed by atoms with Gasteiger partial charge in [-0.2, -0.15) is 0 Å². The van der Waals surface area contributed by atoms with Gasteiger partial charge in [-0.25, -0.2) is 4.98 Å². The number of nitrogens with zero attached hydrogens (tertiary/aromatic N) is 1. The highest BCUT2D eigenvalue weighted by molar-refractivity contribution is 9.10. The summed E-state index contributed by atoms with van der Waals surface area (Å²) in [5.74, 6) is -0.283. The molecule has 0 unspecified atom stereocenters. The van der Waals surface area contributed by atoms with Gasteiger partial charge in [0.2, 0.25) is 0 Å². The van der Waals surface area contributed by atoms with Crippen molar-refractivity contribution in [3.8, 4) is 0 Å². The molecule has 6 heteroatoms. The molecule has 0 saturated carbocycles. The van der Waals surface area contributed by atoms with Gasteiger partial charge in [-0.3, -0.25) is 4.79 Å². The molecule has 3 nitrogen and oxygen atoms in total. The van der Waals surface area contributed by atoms with Crippen molar-refractivity contribution in [2.45, 2.75) is 13.0 Å². The average Bonchev–Trinajstić information content (AvgIpc) is 2.42. The minimum atomic E-state index is -0.283. The zero-order valence-corrected chi connectivity index (χ0v) is 13.6. The Morgan fingerprint density at radius 2 is 1.95 bits per heavy atom. The van der Waals surface area contributed by atoms with E-state index in [1.165, 1.54) is 12.3 Å². The van der Waals surface area contributed by atoms with Crippen LogP contribution < -0.4 is 5.32 Å². The van der Waals surface area contributed by atoms with Gasteiger partial charge in [0.15, 0.2) is 0 Å². The Morgan fingerprint density at radius 3 is 2.60 bits per heavy atom. The first-order chi connectivity index (χ1) is 9.47. The summed E-state index contributed by atoms with van der Waals surface area (Å²) in [6.07, 6.45) is 1.36. The Morgan fingerprint density at radius 1 is 1.30 bits per heavy atom. The van der Waals surface area contributed by atoms with Crippen LogP contribution in [0.4, 0.5) is 0 Å². The van der Waals surface area contributed by atoms with E-state index in [1.807, 2.05) is 31.2 Å². The first kappa shape index (κ1) is 15.3. The zero-order chi connectivity index (χ0) is 14.7. The Labute approximate surface area is 135 Å².